The number of likely N-dealkylation sites (tertiary alicyclic amines) is 1. The highest BCUT2D eigenvalue weighted by Crippen LogP contribution is 2.18. The first-order valence-electron chi connectivity index (χ1n) is 13.6. The van der Waals surface area contributed by atoms with E-state index in [2.05, 4.69) is 16.0 Å². The van der Waals surface area contributed by atoms with Gasteiger partial charge in [-0.25, -0.2) is 4.79 Å². The minimum absolute atomic E-state index is 0.0587. The molecular weight excluding hydrogens is 534 g/mol. The van der Waals surface area contributed by atoms with Crippen LogP contribution in [0, 0.1) is 0 Å². The van der Waals surface area contributed by atoms with Gasteiger partial charge in [0.05, 0.1) is 12.1 Å². The van der Waals surface area contributed by atoms with Crippen LogP contribution in [0.5, 0.6) is 0 Å². The van der Waals surface area contributed by atoms with Crippen LogP contribution in [0.25, 0.3) is 11.0 Å². The first-order valence-corrected chi connectivity index (χ1v) is 15.0. The van der Waals surface area contributed by atoms with E-state index in [4.69, 9.17) is 10.2 Å². The first kappa shape index (κ1) is 31.2. The fourth-order valence-corrected chi connectivity index (χ4v) is 5.23. The van der Waals surface area contributed by atoms with Crippen LogP contribution in [0.3, 0.4) is 0 Å². The van der Waals surface area contributed by atoms with Crippen molar-refractivity contribution in [1.82, 2.24) is 20.9 Å². The van der Waals surface area contributed by atoms with Crippen molar-refractivity contribution in [2.45, 2.75) is 70.1 Å². The molecule has 0 bridgehead atoms. The Morgan fingerprint density at radius 2 is 1.85 bits per heavy atom. The minimum atomic E-state index is -0.884. The monoisotopic (exact) mass is 573 g/mol. The van der Waals surface area contributed by atoms with Crippen molar-refractivity contribution in [3.05, 3.63) is 46.3 Å². The summed E-state index contributed by atoms with van der Waals surface area (Å²) in [7, 11) is 0. The van der Waals surface area contributed by atoms with Crippen LogP contribution in [0.1, 0.15) is 51.0 Å². The molecule has 1 aromatic carbocycles. The summed E-state index contributed by atoms with van der Waals surface area (Å²) in [6.07, 6.45) is 5.13. The van der Waals surface area contributed by atoms with E-state index in [0.29, 0.717) is 68.5 Å². The van der Waals surface area contributed by atoms with E-state index in [9.17, 15) is 24.0 Å². The number of fused-ring (bicyclic) bond motifs is 1. The van der Waals surface area contributed by atoms with Crippen LogP contribution in [0.2, 0.25) is 0 Å². The molecule has 11 nitrogen and oxygen atoms in total. The number of para-hydroxylation sites is 1. The minimum Gasteiger partial charge on any atom is -0.422 e. The van der Waals surface area contributed by atoms with Crippen LogP contribution >= 0.6 is 11.8 Å². The van der Waals surface area contributed by atoms with E-state index in [0.717, 1.165) is 5.39 Å². The third kappa shape index (κ3) is 8.56. The second kappa shape index (κ2) is 15.4. The smallest absolute Gasteiger partial charge is 0.341 e. The van der Waals surface area contributed by atoms with Gasteiger partial charge < -0.3 is 31.0 Å². The van der Waals surface area contributed by atoms with Gasteiger partial charge in [-0.3, -0.25) is 19.2 Å². The van der Waals surface area contributed by atoms with Gasteiger partial charge in [-0.1, -0.05) is 18.2 Å². The highest BCUT2D eigenvalue weighted by Gasteiger charge is 2.35. The molecule has 0 aliphatic carbocycles. The predicted octanol–water partition coefficient (Wildman–Crippen LogP) is 1.27. The molecule has 0 saturated carbocycles. The molecule has 12 heteroatoms. The van der Waals surface area contributed by atoms with Crippen molar-refractivity contribution in [2.75, 3.05) is 25.1 Å². The highest BCUT2D eigenvalue weighted by atomic mass is 32.2. The molecular formula is C28H39N5O6S. The number of hydrogen-bond acceptors (Lipinski definition) is 8. The Morgan fingerprint density at radius 3 is 2.58 bits per heavy atom. The summed E-state index contributed by atoms with van der Waals surface area (Å²) < 4.78 is 5.34. The molecule has 4 amide bonds. The van der Waals surface area contributed by atoms with Crippen LogP contribution in [0.15, 0.2) is 39.5 Å². The van der Waals surface area contributed by atoms with Crippen LogP contribution in [0.4, 0.5) is 0 Å². The van der Waals surface area contributed by atoms with Crippen molar-refractivity contribution >= 4 is 46.4 Å². The number of nitrogens with one attached hydrogen (secondary N) is 3. The van der Waals surface area contributed by atoms with Gasteiger partial charge in [0.1, 0.15) is 23.7 Å². The maximum Gasteiger partial charge on any atom is 0.341 e. The number of benzene rings is 1. The number of nitrogens with two attached hydrogens (primary N) is 1. The quantitative estimate of drug-likeness (QED) is 0.194. The molecule has 1 aliphatic rings. The number of nitrogens with zero attached hydrogens (tertiary/aromatic N) is 1. The van der Waals surface area contributed by atoms with Gasteiger partial charge in [0.15, 0.2) is 0 Å². The molecule has 218 valence electrons. The summed E-state index contributed by atoms with van der Waals surface area (Å²) in [5, 5.41) is 9.08. The fourth-order valence-electron chi connectivity index (χ4n) is 4.76. The van der Waals surface area contributed by atoms with Gasteiger partial charge >= 0.3 is 5.63 Å². The second-order valence-corrected chi connectivity index (χ2v) is 10.9. The Balaban J connectivity index is 1.69. The molecule has 1 aromatic heterocycles. The molecule has 3 atom stereocenters. The Kier molecular flexibility index (Phi) is 12.0. The Labute approximate surface area is 238 Å². The van der Waals surface area contributed by atoms with E-state index < -0.39 is 35.6 Å². The fraction of sp³-hybridized carbons (Fsp3) is 0.536. The lowest BCUT2D eigenvalue weighted by atomic mass is 10.1. The van der Waals surface area contributed by atoms with Gasteiger partial charge in [-0.05, 0) is 69.2 Å². The number of hydrogen-bond donors (Lipinski definition) is 4. The third-order valence-corrected chi connectivity index (χ3v) is 7.59. The van der Waals surface area contributed by atoms with E-state index in [1.807, 2.05) is 18.4 Å². The standard InChI is InChI=1S/C28H39N5O6S/c1-18(34)33-14-7-10-23(33)27(37)32-21(9-5-6-13-29)26(36)31-22(12-15-40-2)25(35)30-17-20-16-19-8-3-4-11-24(19)39-28(20)38/h3-4,8,11,16,21-23H,5-7,9-10,12-15,17,29H2,1-2H3,(H,30,35)(H,31,36)(H,32,37)/t21-,22-,23-/m0/s1. The lowest BCUT2D eigenvalue weighted by Gasteiger charge is -2.27. The lowest BCUT2D eigenvalue weighted by Crippen LogP contribution is -2.56. The molecule has 1 fully saturated rings. The molecule has 0 spiro atoms. The van der Waals surface area contributed by atoms with E-state index >= 15 is 0 Å². The highest BCUT2D eigenvalue weighted by molar-refractivity contribution is 7.98. The number of carbonyl (C=O) groups is 4. The topological polar surface area (TPSA) is 164 Å². The van der Waals surface area contributed by atoms with E-state index in [1.54, 1.807) is 18.2 Å². The summed E-state index contributed by atoms with van der Waals surface area (Å²) >= 11 is 1.53. The molecule has 2 heterocycles. The zero-order valence-corrected chi connectivity index (χ0v) is 23.9. The summed E-state index contributed by atoms with van der Waals surface area (Å²) in [5.74, 6) is -0.884. The molecule has 0 radical (unpaired) electrons. The molecule has 1 aliphatic heterocycles. The maximum absolute atomic E-state index is 13.4. The van der Waals surface area contributed by atoms with Gasteiger partial charge in [-0.15, -0.1) is 0 Å². The van der Waals surface area contributed by atoms with Crippen molar-refractivity contribution in [2.24, 2.45) is 5.73 Å². The number of carbonyl (C=O) groups excluding carboxylic acids is 4. The Morgan fingerprint density at radius 1 is 1.10 bits per heavy atom. The van der Waals surface area contributed by atoms with Crippen LogP contribution in [-0.4, -0.2) is 71.8 Å². The zero-order valence-electron chi connectivity index (χ0n) is 23.1. The second-order valence-electron chi connectivity index (χ2n) is 9.87. The van der Waals surface area contributed by atoms with Gasteiger partial charge in [0, 0.05) is 18.9 Å². The molecule has 3 rings (SSSR count). The van der Waals surface area contributed by atoms with Gasteiger partial charge in [-0.2, -0.15) is 11.8 Å². The average Bonchev–Trinajstić information content (AvgIpc) is 3.44. The van der Waals surface area contributed by atoms with E-state index in [-0.39, 0.29) is 18.4 Å². The summed E-state index contributed by atoms with van der Waals surface area (Å²) in [6, 6.07) is 6.40. The number of rotatable bonds is 14. The first-order chi connectivity index (χ1) is 19.2. The Bertz CT molecular complexity index is 1250. The number of unbranched alkanes of at least 4 members (excludes halogenated alkanes) is 1. The van der Waals surface area contributed by atoms with Crippen molar-refractivity contribution in [3.8, 4) is 0 Å². The molecule has 0 unspecified atom stereocenters. The van der Waals surface area contributed by atoms with Gasteiger partial charge in [0.2, 0.25) is 23.6 Å². The molecule has 5 N–H and O–H groups in total. The molecule has 2 aromatic rings. The van der Waals surface area contributed by atoms with Gasteiger partial charge in [0.25, 0.3) is 0 Å². The largest absolute Gasteiger partial charge is 0.422 e. The van der Waals surface area contributed by atoms with E-state index in [1.165, 1.54) is 23.6 Å². The average molecular weight is 574 g/mol. The summed E-state index contributed by atoms with van der Waals surface area (Å²) in [6.45, 7) is 2.32. The zero-order chi connectivity index (χ0) is 29.1. The molecule has 1 saturated heterocycles. The lowest BCUT2D eigenvalue weighted by molar-refractivity contribution is -0.138. The Hall–Kier alpha value is -3.38. The summed E-state index contributed by atoms with van der Waals surface area (Å²) in [5.41, 5.74) is 5.83. The van der Waals surface area contributed by atoms with Crippen LogP contribution < -0.4 is 27.3 Å². The maximum atomic E-state index is 13.4. The normalized spacial score (nSPS) is 16.4. The number of thioether (sulfide) groups is 1. The van der Waals surface area contributed by atoms with Crippen molar-refractivity contribution in [1.29, 1.82) is 0 Å². The predicted molar refractivity (Wildman–Crippen MR) is 155 cm³/mol. The third-order valence-electron chi connectivity index (χ3n) is 6.95. The van der Waals surface area contributed by atoms with Crippen LogP contribution in [-0.2, 0) is 25.7 Å². The SMILES string of the molecule is CSCC[C@H](NC(=O)[C@H](CCCCN)NC(=O)[C@@H]1CCCN1C(C)=O)C(=O)NCc1cc2ccccc2oc1=O. The number of amides is 4. The molecule has 40 heavy (non-hydrogen) atoms. The van der Waals surface area contributed by atoms with Crippen molar-refractivity contribution in [3.63, 3.8) is 0 Å². The summed E-state index contributed by atoms with van der Waals surface area (Å²) in [4.78, 5) is 65.4. The van der Waals surface area contributed by atoms with Crippen molar-refractivity contribution < 1.29 is 23.6 Å².